The molecule has 1 aromatic rings. The quantitative estimate of drug-likeness (QED) is 0.731. The molecule has 0 unspecified atom stereocenters. The number of hydrogen-bond donors (Lipinski definition) is 0. The molecule has 1 saturated heterocycles. The molecule has 4 heteroatoms. The van der Waals surface area contributed by atoms with Gasteiger partial charge < -0.3 is 9.42 Å². The first kappa shape index (κ1) is 11.2. The summed E-state index contributed by atoms with van der Waals surface area (Å²) in [7, 11) is 0. The van der Waals surface area contributed by atoms with Crippen molar-refractivity contribution in [2.45, 2.75) is 39.0 Å². The zero-order chi connectivity index (χ0) is 11.8. The molecule has 0 saturated carbocycles. The van der Waals surface area contributed by atoms with Crippen LogP contribution in [-0.4, -0.2) is 29.1 Å². The van der Waals surface area contributed by atoms with Gasteiger partial charge in [-0.15, -0.1) is 0 Å². The minimum absolute atomic E-state index is 0.00301. The van der Waals surface area contributed by atoms with Crippen LogP contribution in [0.25, 0.3) is 0 Å². The van der Waals surface area contributed by atoms with Gasteiger partial charge >= 0.3 is 0 Å². The Balaban J connectivity index is 2.15. The molecule has 2 rings (SSSR count). The van der Waals surface area contributed by atoms with E-state index in [2.05, 4.69) is 5.16 Å². The number of carbonyl (C=O) groups excluding carboxylic acids is 1. The highest BCUT2D eigenvalue weighted by Crippen LogP contribution is 2.23. The third-order valence-electron chi connectivity index (χ3n) is 2.86. The molecule has 1 aromatic heterocycles. The number of nitrogens with zero attached hydrogens (tertiary/aromatic N) is 2. The molecule has 0 spiro atoms. The minimum atomic E-state index is -0.101. The molecule has 0 N–H and O–H groups in total. The number of hydrogen-bond acceptors (Lipinski definition) is 3. The zero-order valence-corrected chi connectivity index (χ0v) is 10.1. The summed E-state index contributed by atoms with van der Waals surface area (Å²) < 4.78 is 5.21. The normalized spacial score (nSPS) is 16.8. The largest absolute Gasteiger partial charge is 0.360 e. The fourth-order valence-corrected chi connectivity index (χ4v) is 1.81. The SMILES string of the molecule is CC(C)(C)c1cc(C(=O)N2CCCC2)no1. The lowest BCUT2D eigenvalue weighted by atomic mass is 9.93. The standard InChI is InChI=1S/C12H18N2O2/c1-12(2,3)10-8-9(13-16-10)11(15)14-6-4-5-7-14/h8H,4-7H2,1-3H3. The van der Waals surface area contributed by atoms with Gasteiger partial charge in [0.2, 0.25) is 0 Å². The van der Waals surface area contributed by atoms with Crippen molar-refractivity contribution in [2.24, 2.45) is 0 Å². The van der Waals surface area contributed by atoms with Crippen molar-refractivity contribution >= 4 is 5.91 Å². The first-order valence-electron chi connectivity index (χ1n) is 5.75. The van der Waals surface area contributed by atoms with Gasteiger partial charge in [-0.1, -0.05) is 25.9 Å². The van der Waals surface area contributed by atoms with Crippen LogP contribution < -0.4 is 0 Å². The summed E-state index contributed by atoms with van der Waals surface area (Å²) in [5.74, 6) is 0.756. The van der Waals surface area contributed by atoms with Crippen LogP contribution in [0.1, 0.15) is 49.9 Å². The Hall–Kier alpha value is -1.32. The summed E-state index contributed by atoms with van der Waals surface area (Å²) in [6, 6.07) is 1.76. The van der Waals surface area contributed by atoms with Gasteiger partial charge in [-0.05, 0) is 12.8 Å². The molecule has 16 heavy (non-hydrogen) atoms. The second kappa shape index (κ2) is 3.92. The second-order valence-corrected chi connectivity index (χ2v) is 5.33. The molecule has 1 aliphatic rings. The predicted octanol–water partition coefficient (Wildman–Crippen LogP) is 2.21. The smallest absolute Gasteiger partial charge is 0.276 e. The van der Waals surface area contributed by atoms with E-state index in [4.69, 9.17) is 4.52 Å². The molecule has 0 aromatic carbocycles. The molecule has 0 radical (unpaired) electrons. The first-order valence-corrected chi connectivity index (χ1v) is 5.75. The molecule has 1 amide bonds. The fraction of sp³-hybridized carbons (Fsp3) is 0.667. The Kier molecular flexibility index (Phi) is 2.74. The van der Waals surface area contributed by atoms with Crippen molar-refractivity contribution in [1.82, 2.24) is 10.1 Å². The molecule has 4 nitrogen and oxygen atoms in total. The van der Waals surface area contributed by atoms with E-state index in [1.807, 2.05) is 25.7 Å². The minimum Gasteiger partial charge on any atom is -0.360 e. The highest BCUT2D eigenvalue weighted by atomic mass is 16.5. The number of aromatic nitrogens is 1. The lowest BCUT2D eigenvalue weighted by molar-refractivity contribution is 0.0782. The highest BCUT2D eigenvalue weighted by Gasteiger charge is 2.26. The summed E-state index contributed by atoms with van der Waals surface area (Å²) in [5, 5.41) is 3.86. The van der Waals surface area contributed by atoms with E-state index >= 15 is 0 Å². The Morgan fingerprint density at radius 3 is 2.50 bits per heavy atom. The lowest BCUT2D eigenvalue weighted by Crippen LogP contribution is -2.27. The van der Waals surface area contributed by atoms with E-state index in [-0.39, 0.29) is 11.3 Å². The van der Waals surface area contributed by atoms with Crippen molar-refractivity contribution in [3.63, 3.8) is 0 Å². The molecule has 0 atom stereocenters. The van der Waals surface area contributed by atoms with Crippen molar-refractivity contribution in [1.29, 1.82) is 0 Å². The maximum atomic E-state index is 12.0. The number of amides is 1. The Bertz CT molecular complexity index is 384. The summed E-state index contributed by atoms with van der Waals surface area (Å²) in [6.45, 7) is 7.81. The second-order valence-electron chi connectivity index (χ2n) is 5.33. The van der Waals surface area contributed by atoms with E-state index in [0.717, 1.165) is 31.7 Å². The van der Waals surface area contributed by atoms with Gasteiger partial charge in [-0.25, -0.2) is 0 Å². The molecule has 0 bridgehead atoms. The van der Waals surface area contributed by atoms with Crippen LogP contribution in [0.2, 0.25) is 0 Å². The first-order chi connectivity index (χ1) is 7.48. The average Bonchev–Trinajstić information content (AvgIpc) is 2.87. The molecular weight excluding hydrogens is 204 g/mol. The van der Waals surface area contributed by atoms with Gasteiger partial charge in [0.15, 0.2) is 5.69 Å². The molecule has 0 aliphatic carbocycles. The Labute approximate surface area is 95.6 Å². The van der Waals surface area contributed by atoms with E-state index in [0.29, 0.717) is 5.69 Å². The zero-order valence-electron chi connectivity index (χ0n) is 10.1. The molecular formula is C12H18N2O2. The maximum absolute atomic E-state index is 12.0. The van der Waals surface area contributed by atoms with Crippen LogP contribution in [0.3, 0.4) is 0 Å². The number of rotatable bonds is 1. The molecule has 2 heterocycles. The van der Waals surface area contributed by atoms with Gasteiger partial charge in [0.05, 0.1) is 0 Å². The average molecular weight is 222 g/mol. The van der Waals surface area contributed by atoms with Crippen molar-refractivity contribution in [3.8, 4) is 0 Å². The summed E-state index contributed by atoms with van der Waals surface area (Å²) in [4.78, 5) is 13.8. The third-order valence-corrected chi connectivity index (χ3v) is 2.86. The fourth-order valence-electron chi connectivity index (χ4n) is 1.81. The molecule has 1 fully saturated rings. The van der Waals surface area contributed by atoms with Gasteiger partial charge in [-0.2, -0.15) is 0 Å². The Morgan fingerprint density at radius 2 is 2.00 bits per heavy atom. The van der Waals surface area contributed by atoms with Crippen molar-refractivity contribution in [3.05, 3.63) is 17.5 Å². The van der Waals surface area contributed by atoms with Crippen LogP contribution in [0.4, 0.5) is 0 Å². The Morgan fingerprint density at radius 1 is 1.38 bits per heavy atom. The predicted molar refractivity (Wildman–Crippen MR) is 60.3 cm³/mol. The third kappa shape index (κ3) is 2.10. The van der Waals surface area contributed by atoms with Crippen LogP contribution >= 0.6 is 0 Å². The molecule has 88 valence electrons. The van der Waals surface area contributed by atoms with E-state index < -0.39 is 0 Å². The summed E-state index contributed by atoms with van der Waals surface area (Å²) in [6.07, 6.45) is 2.19. The van der Waals surface area contributed by atoms with E-state index in [9.17, 15) is 4.79 Å². The van der Waals surface area contributed by atoms with Gasteiger partial charge in [-0.3, -0.25) is 4.79 Å². The number of carbonyl (C=O) groups is 1. The van der Waals surface area contributed by atoms with Crippen molar-refractivity contribution in [2.75, 3.05) is 13.1 Å². The van der Waals surface area contributed by atoms with Gasteiger partial charge in [0, 0.05) is 24.6 Å². The molecule has 1 aliphatic heterocycles. The van der Waals surface area contributed by atoms with Crippen LogP contribution in [0.15, 0.2) is 10.6 Å². The van der Waals surface area contributed by atoms with Crippen LogP contribution in [0, 0.1) is 0 Å². The van der Waals surface area contributed by atoms with Crippen molar-refractivity contribution < 1.29 is 9.32 Å². The highest BCUT2D eigenvalue weighted by molar-refractivity contribution is 5.92. The number of likely N-dealkylation sites (tertiary alicyclic amines) is 1. The van der Waals surface area contributed by atoms with E-state index in [1.54, 1.807) is 6.07 Å². The van der Waals surface area contributed by atoms with E-state index in [1.165, 1.54) is 0 Å². The summed E-state index contributed by atoms with van der Waals surface area (Å²) >= 11 is 0. The van der Waals surface area contributed by atoms with Crippen LogP contribution in [-0.2, 0) is 5.41 Å². The maximum Gasteiger partial charge on any atom is 0.276 e. The van der Waals surface area contributed by atoms with Gasteiger partial charge in [0.25, 0.3) is 5.91 Å². The topological polar surface area (TPSA) is 46.3 Å². The summed E-state index contributed by atoms with van der Waals surface area (Å²) in [5.41, 5.74) is 0.336. The lowest BCUT2D eigenvalue weighted by Gasteiger charge is -2.13. The van der Waals surface area contributed by atoms with Crippen LogP contribution in [0.5, 0.6) is 0 Å². The monoisotopic (exact) mass is 222 g/mol. The van der Waals surface area contributed by atoms with Gasteiger partial charge in [0.1, 0.15) is 5.76 Å².